The summed E-state index contributed by atoms with van der Waals surface area (Å²) in [5, 5.41) is 0. The molecule has 2 heteroatoms. The van der Waals surface area contributed by atoms with Crippen molar-refractivity contribution in [1.82, 2.24) is 0 Å². The van der Waals surface area contributed by atoms with Crippen molar-refractivity contribution in [3.8, 4) is 0 Å². The van der Waals surface area contributed by atoms with Gasteiger partial charge in [0.05, 0.1) is 13.2 Å². The van der Waals surface area contributed by atoms with Crippen molar-refractivity contribution in [2.24, 2.45) is 11.8 Å². The molecular weight excluding hydrogens is 236 g/mol. The standard InChI is InChI=1S/C9H16O.C8H14O/c1-7(2)6-10-9(5)8(3)4;1-5-8(4)9-6-7(2)3/h7H,3,5-6H2,1-2,4H3;5,7H,1,4,6H2,2-3H3. The first kappa shape index (κ1) is 19.9. The third-order valence-electron chi connectivity index (χ3n) is 1.90. The van der Waals surface area contributed by atoms with E-state index in [-0.39, 0.29) is 0 Å². The van der Waals surface area contributed by atoms with E-state index in [0.29, 0.717) is 23.4 Å². The van der Waals surface area contributed by atoms with Gasteiger partial charge in [-0.15, -0.1) is 0 Å². The molecule has 2 nitrogen and oxygen atoms in total. The Bertz CT molecular complexity index is 298. The van der Waals surface area contributed by atoms with Gasteiger partial charge in [0.15, 0.2) is 0 Å². The summed E-state index contributed by atoms with van der Waals surface area (Å²) in [6, 6.07) is 0. The van der Waals surface area contributed by atoms with Gasteiger partial charge in [-0.25, -0.2) is 0 Å². The van der Waals surface area contributed by atoms with Gasteiger partial charge in [0.1, 0.15) is 11.5 Å². The Balaban J connectivity index is 0. The van der Waals surface area contributed by atoms with Crippen LogP contribution in [0.2, 0.25) is 0 Å². The highest BCUT2D eigenvalue weighted by Gasteiger charge is 1.97. The molecule has 0 spiro atoms. The van der Waals surface area contributed by atoms with E-state index in [2.05, 4.69) is 54.0 Å². The molecule has 110 valence electrons. The molecule has 0 fully saturated rings. The number of allylic oxidation sites excluding steroid dienone is 2. The lowest BCUT2D eigenvalue weighted by Crippen LogP contribution is -2.01. The molecular formula is C17H30O2. The zero-order valence-corrected chi connectivity index (χ0v) is 13.3. The Hall–Kier alpha value is -1.44. The molecule has 0 atom stereocenters. The molecule has 0 N–H and O–H groups in total. The Labute approximate surface area is 119 Å². The molecule has 0 amide bonds. The Morgan fingerprint density at radius 1 is 0.947 bits per heavy atom. The monoisotopic (exact) mass is 266 g/mol. The van der Waals surface area contributed by atoms with Crippen molar-refractivity contribution in [1.29, 1.82) is 0 Å². The van der Waals surface area contributed by atoms with Gasteiger partial charge in [0, 0.05) is 0 Å². The number of rotatable bonds is 8. The van der Waals surface area contributed by atoms with Gasteiger partial charge >= 0.3 is 0 Å². The fourth-order valence-electron chi connectivity index (χ4n) is 0.723. The lowest BCUT2D eigenvalue weighted by Gasteiger charge is -2.09. The summed E-state index contributed by atoms with van der Waals surface area (Å²) in [6.07, 6.45) is 1.61. The van der Waals surface area contributed by atoms with E-state index >= 15 is 0 Å². The predicted molar refractivity (Wildman–Crippen MR) is 84.9 cm³/mol. The van der Waals surface area contributed by atoms with Crippen LogP contribution in [0, 0.1) is 11.8 Å². The molecule has 0 radical (unpaired) electrons. The fraction of sp³-hybridized carbons (Fsp3) is 0.529. The SMILES string of the molecule is C=C(C)C(=C)OCC(C)C.C=CC(=C)OCC(C)C. The van der Waals surface area contributed by atoms with Gasteiger partial charge < -0.3 is 9.47 Å². The molecule has 0 bridgehead atoms. The Kier molecular flexibility index (Phi) is 12.2. The van der Waals surface area contributed by atoms with Gasteiger partial charge in [-0.3, -0.25) is 0 Å². The summed E-state index contributed by atoms with van der Waals surface area (Å²) in [6.45, 7) is 26.3. The third-order valence-corrected chi connectivity index (χ3v) is 1.90. The minimum Gasteiger partial charge on any atom is -0.494 e. The number of hydrogen-bond acceptors (Lipinski definition) is 2. The maximum atomic E-state index is 5.27. The molecule has 0 heterocycles. The highest BCUT2D eigenvalue weighted by Crippen LogP contribution is 2.06. The second-order valence-electron chi connectivity index (χ2n) is 5.28. The van der Waals surface area contributed by atoms with E-state index in [1.54, 1.807) is 6.08 Å². The summed E-state index contributed by atoms with van der Waals surface area (Å²) < 4.78 is 10.4. The first-order chi connectivity index (χ1) is 8.70. The lowest BCUT2D eigenvalue weighted by atomic mass is 10.2. The Morgan fingerprint density at radius 2 is 1.37 bits per heavy atom. The van der Waals surface area contributed by atoms with Crippen molar-refractivity contribution in [2.45, 2.75) is 34.6 Å². The van der Waals surface area contributed by atoms with Crippen molar-refractivity contribution in [3.05, 3.63) is 49.5 Å². The summed E-state index contributed by atoms with van der Waals surface area (Å²) in [5.74, 6) is 2.47. The van der Waals surface area contributed by atoms with Crippen LogP contribution in [-0.2, 0) is 9.47 Å². The quantitative estimate of drug-likeness (QED) is 0.449. The average Bonchev–Trinajstić information content (AvgIpc) is 2.33. The number of ether oxygens (including phenoxy) is 2. The van der Waals surface area contributed by atoms with E-state index in [0.717, 1.165) is 18.8 Å². The molecule has 19 heavy (non-hydrogen) atoms. The molecule has 0 aliphatic heterocycles. The summed E-state index contributed by atoms with van der Waals surface area (Å²) in [5.41, 5.74) is 0.903. The largest absolute Gasteiger partial charge is 0.494 e. The molecule has 0 aromatic heterocycles. The van der Waals surface area contributed by atoms with Gasteiger partial charge in [-0.1, -0.05) is 54.0 Å². The van der Waals surface area contributed by atoms with E-state index < -0.39 is 0 Å². The molecule has 0 aliphatic rings. The maximum Gasteiger partial charge on any atom is 0.114 e. The van der Waals surface area contributed by atoms with Gasteiger partial charge in [-0.05, 0) is 30.4 Å². The molecule has 0 aromatic carbocycles. The fourth-order valence-corrected chi connectivity index (χ4v) is 0.723. The summed E-state index contributed by atoms with van der Waals surface area (Å²) in [4.78, 5) is 0. The van der Waals surface area contributed by atoms with Crippen LogP contribution in [0.1, 0.15) is 34.6 Å². The van der Waals surface area contributed by atoms with Crippen LogP contribution in [0.4, 0.5) is 0 Å². The van der Waals surface area contributed by atoms with Crippen molar-refractivity contribution >= 4 is 0 Å². The predicted octanol–water partition coefficient (Wildman–Crippen LogP) is 5.11. The molecule has 0 saturated heterocycles. The van der Waals surface area contributed by atoms with Crippen LogP contribution in [0.15, 0.2) is 49.5 Å². The topological polar surface area (TPSA) is 18.5 Å². The van der Waals surface area contributed by atoms with Gasteiger partial charge in [0.25, 0.3) is 0 Å². The zero-order valence-electron chi connectivity index (χ0n) is 13.3. The van der Waals surface area contributed by atoms with Crippen molar-refractivity contribution < 1.29 is 9.47 Å². The van der Waals surface area contributed by atoms with E-state index in [9.17, 15) is 0 Å². The highest BCUT2D eigenvalue weighted by molar-refractivity contribution is 5.15. The van der Waals surface area contributed by atoms with E-state index in [4.69, 9.17) is 9.47 Å². The van der Waals surface area contributed by atoms with E-state index in [1.165, 1.54) is 0 Å². The lowest BCUT2D eigenvalue weighted by molar-refractivity contribution is 0.187. The Morgan fingerprint density at radius 3 is 1.68 bits per heavy atom. The molecule has 0 aromatic rings. The van der Waals surface area contributed by atoms with Crippen LogP contribution in [-0.4, -0.2) is 13.2 Å². The van der Waals surface area contributed by atoms with Gasteiger partial charge in [0.2, 0.25) is 0 Å². The zero-order chi connectivity index (χ0) is 15.4. The van der Waals surface area contributed by atoms with Crippen LogP contribution in [0.5, 0.6) is 0 Å². The molecule has 0 saturated carbocycles. The molecule has 0 unspecified atom stereocenters. The normalized spacial score (nSPS) is 9.42. The van der Waals surface area contributed by atoms with Crippen LogP contribution < -0.4 is 0 Å². The average molecular weight is 266 g/mol. The smallest absolute Gasteiger partial charge is 0.114 e. The first-order valence-electron chi connectivity index (χ1n) is 6.62. The van der Waals surface area contributed by atoms with Crippen LogP contribution in [0.25, 0.3) is 0 Å². The highest BCUT2D eigenvalue weighted by atomic mass is 16.5. The maximum absolute atomic E-state index is 5.27. The molecule has 0 aliphatic carbocycles. The van der Waals surface area contributed by atoms with Crippen molar-refractivity contribution in [2.75, 3.05) is 13.2 Å². The second kappa shape index (κ2) is 11.6. The minimum absolute atomic E-state index is 0.552. The second-order valence-corrected chi connectivity index (χ2v) is 5.28. The van der Waals surface area contributed by atoms with Gasteiger partial charge in [-0.2, -0.15) is 0 Å². The minimum atomic E-state index is 0.552. The summed E-state index contributed by atoms with van der Waals surface area (Å²) in [7, 11) is 0. The first-order valence-corrected chi connectivity index (χ1v) is 6.62. The number of hydrogen-bond donors (Lipinski definition) is 0. The van der Waals surface area contributed by atoms with Crippen LogP contribution in [0.3, 0.4) is 0 Å². The van der Waals surface area contributed by atoms with Crippen LogP contribution >= 0.6 is 0 Å². The summed E-state index contributed by atoms with van der Waals surface area (Å²) >= 11 is 0. The van der Waals surface area contributed by atoms with E-state index in [1.807, 2.05) is 6.92 Å². The van der Waals surface area contributed by atoms with Crippen molar-refractivity contribution in [3.63, 3.8) is 0 Å². The molecule has 0 rings (SSSR count). The third kappa shape index (κ3) is 16.6.